The molecule has 0 spiro atoms. The quantitative estimate of drug-likeness (QED) is 0.624. The molecule has 1 saturated heterocycles. The topological polar surface area (TPSA) is 55.1 Å². The molecule has 2 aromatic rings. The minimum Gasteiger partial charge on any atom is -0.370 e. The molecule has 0 bridgehead atoms. The molecule has 0 radical (unpaired) electrons. The van der Waals surface area contributed by atoms with Crippen molar-refractivity contribution < 1.29 is 14.4 Å². The number of rotatable bonds is 5. The van der Waals surface area contributed by atoms with Gasteiger partial charge in [-0.1, -0.05) is 41.9 Å². The highest BCUT2D eigenvalue weighted by Crippen LogP contribution is 2.12. The van der Waals surface area contributed by atoms with Gasteiger partial charge in [0.15, 0.2) is 6.04 Å². The molecule has 5 nitrogen and oxygen atoms in total. The number of nitrogens with zero attached hydrogens (tertiary/aromatic N) is 1. The number of halogens is 1. The fourth-order valence-corrected chi connectivity index (χ4v) is 3.34. The number of nitrogens with one attached hydrogen (secondary N) is 2. The molecular formula is C20H23ClN3O2+. The van der Waals surface area contributed by atoms with Crippen molar-refractivity contribution in [1.82, 2.24) is 5.43 Å². The Morgan fingerprint density at radius 3 is 2.42 bits per heavy atom. The number of carbonyl (C=O) groups is 1. The molecule has 136 valence electrons. The molecule has 0 unspecified atom stereocenters. The van der Waals surface area contributed by atoms with Crippen molar-refractivity contribution in [2.45, 2.75) is 13.0 Å². The van der Waals surface area contributed by atoms with Crippen molar-refractivity contribution in [1.29, 1.82) is 0 Å². The van der Waals surface area contributed by atoms with Gasteiger partial charge in [-0.2, -0.15) is 5.10 Å². The van der Waals surface area contributed by atoms with Crippen LogP contribution in [-0.4, -0.2) is 37.9 Å². The minimum absolute atomic E-state index is 0.0885. The van der Waals surface area contributed by atoms with Crippen LogP contribution in [0.4, 0.5) is 0 Å². The summed E-state index contributed by atoms with van der Waals surface area (Å²) < 4.78 is 5.49. The lowest BCUT2D eigenvalue weighted by atomic mass is 10.0. The number of benzene rings is 2. The third-order valence-corrected chi connectivity index (χ3v) is 4.79. The number of amides is 1. The summed E-state index contributed by atoms with van der Waals surface area (Å²) in [5, 5.41) is 5.00. The number of quaternary nitrogens is 1. The van der Waals surface area contributed by atoms with Crippen molar-refractivity contribution in [3.05, 3.63) is 70.7 Å². The van der Waals surface area contributed by atoms with E-state index in [0.29, 0.717) is 10.6 Å². The predicted molar refractivity (Wildman–Crippen MR) is 103 cm³/mol. The van der Waals surface area contributed by atoms with Crippen molar-refractivity contribution >= 4 is 23.2 Å². The maximum atomic E-state index is 12.3. The van der Waals surface area contributed by atoms with E-state index in [9.17, 15) is 4.79 Å². The molecule has 1 amide bonds. The molecule has 2 N–H and O–H groups in total. The summed E-state index contributed by atoms with van der Waals surface area (Å²) in [7, 11) is 0. The van der Waals surface area contributed by atoms with Gasteiger partial charge in [0.1, 0.15) is 13.1 Å². The first-order valence-corrected chi connectivity index (χ1v) is 9.10. The highest BCUT2D eigenvalue weighted by molar-refractivity contribution is 6.30. The number of carbonyl (C=O) groups excluding carboxylic acids is 1. The van der Waals surface area contributed by atoms with Crippen LogP contribution in [0.3, 0.4) is 0 Å². The van der Waals surface area contributed by atoms with E-state index in [-0.39, 0.29) is 11.9 Å². The van der Waals surface area contributed by atoms with Gasteiger partial charge in [0.05, 0.1) is 18.9 Å². The smallest absolute Gasteiger partial charge is 0.271 e. The molecule has 0 saturated carbocycles. The summed E-state index contributed by atoms with van der Waals surface area (Å²) in [5.74, 6) is -0.246. The lowest BCUT2D eigenvalue weighted by Gasteiger charge is -2.31. The molecule has 2 aromatic carbocycles. The predicted octanol–water partition coefficient (Wildman–Crippen LogP) is 2.10. The van der Waals surface area contributed by atoms with Crippen LogP contribution < -0.4 is 10.3 Å². The van der Waals surface area contributed by atoms with Gasteiger partial charge in [-0.05, 0) is 31.2 Å². The average Bonchev–Trinajstić information content (AvgIpc) is 2.68. The average molecular weight is 373 g/mol. The Kier molecular flexibility index (Phi) is 6.39. The van der Waals surface area contributed by atoms with Gasteiger partial charge in [-0.15, -0.1) is 0 Å². The van der Waals surface area contributed by atoms with Crippen LogP contribution in [0.25, 0.3) is 0 Å². The zero-order valence-electron chi connectivity index (χ0n) is 14.7. The Hall–Kier alpha value is -2.21. The molecule has 1 atom stereocenters. The number of hydrazone groups is 1. The molecule has 26 heavy (non-hydrogen) atoms. The van der Waals surface area contributed by atoms with Crippen LogP contribution in [0.15, 0.2) is 59.7 Å². The molecule has 1 heterocycles. The summed E-state index contributed by atoms with van der Waals surface area (Å²) in [6, 6.07) is 17.1. The first kappa shape index (κ1) is 18.6. The zero-order chi connectivity index (χ0) is 18.4. The van der Waals surface area contributed by atoms with Crippen LogP contribution in [0, 0.1) is 0 Å². The van der Waals surface area contributed by atoms with E-state index in [1.54, 1.807) is 24.3 Å². The first-order chi connectivity index (χ1) is 12.6. The van der Waals surface area contributed by atoms with Crippen LogP contribution in [0.2, 0.25) is 5.02 Å². The van der Waals surface area contributed by atoms with E-state index in [2.05, 4.69) is 22.7 Å². The van der Waals surface area contributed by atoms with Crippen molar-refractivity contribution in [2.75, 3.05) is 26.3 Å². The number of hydrogen-bond donors (Lipinski definition) is 2. The van der Waals surface area contributed by atoms with E-state index >= 15 is 0 Å². The van der Waals surface area contributed by atoms with E-state index in [0.717, 1.165) is 32.0 Å². The third-order valence-electron chi connectivity index (χ3n) is 4.53. The zero-order valence-corrected chi connectivity index (χ0v) is 15.5. The maximum absolute atomic E-state index is 12.3. The second-order valence-electron chi connectivity index (χ2n) is 6.32. The third kappa shape index (κ3) is 4.69. The van der Waals surface area contributed by atoms with E-state index in [1.807, 2.05) is 25.1 Å². The summed E-state index contributed by atoms with van der Waals surface area (Å²) in [6.07, 6.45) is 0. The number of morpholine rings is 1. The Balaban J connectivity index is 1.77. The van der Waals surface area contributed by atoms with Gasteiger partial charge in [0.2, 0.25) is 0 Å². The van der Waals surface area contributed by atoms with Crippen molar-refractivity contribution in [2.24, 2.45) is 5.10 Å². The normalized spacial score (nSPS) is 16.9. The lowest BCUT2D eigenvalue weighted by molar-refractivity contribution is -0.928. The molecule has 3 rings (SSSR count). The van der Waals surface area contributed by atoms with E-state index in [1.165, 1.54) is 10.5 Å². The Morgan fingerprint density at radius 2 is 1.77 bits per heavy atom. The second kappa shape index (κ2) is 8.94. The maximum Gasteiger partial charge on any atom is 0.271 e. The molecule has 1 aliphatic rings. The molecular weight excluding hydrogens is 350 g/mol. The van der Waals surface area contributed by atoms with Crippen LogP contribution >= 0.6 is 11.6 Å². The largest absolute Gasteiger partial charge is 0.370 e. The van der Waals surface area contributed by atoms with E-state index < -0.39 is 0 Å². The summed E-state index contributed by atoms with van der Waals surface area (Å²) in [4.78, 5) is 13.7. The fourth-order valence-electron chi connectivity index (χ4n) is 3.21. The van der Waals surface area contributed by atoms with Gasteiger partial charge < -0.3 is 9.64 Å². The van der Waals surface area contributed by atoms with Gasteiger partial charge in [-0.25, -0.2) is 5.43 Å². The number of hydrogen-bond acceptors (Lipinski definition) is 3. The van der Waals surface area contributed by atoms with Gasteiger partial charge in [0, 0.05) is 16.1 Å². The van der Waals surface area contributed by atoms with Crippen LogP contribution in [0.5, 0.6) is 0 Å². The monoisotopic (exact) mass is 372 g/mol. The Labute approximate surface area is 158 Å². The van der Waals surface area contributed by atoms with Crippen molar-refractivity contribution in [3.8, 4) is 0 Å². The first-order valence-electron chi connectivity index (χ1n) is 8.72. The molecule has 1 aliphatic heterocycles. The summed E-state index contributed by atoms with van der Waals surface area (Å²) >= 11 is 5.87. The molecule has 1 fully saturated rings. The molecule has 0 aliphatic carbocycles. The summed E-state index contributed by atoms with van der Waals surface area (Å²) in [5.41, 5.74) is 5.25. The van der Waals surface area contributed by atoms with Crippen LogP contribution in [0.1, 0.15) is 28.9 Å². The van der Waals surface area contributed by atoms with Gasteiger partial charge in [-0.3, -0.25) is 4.79 Å². The Morgan fingerprint density at radius 1 is 1.12 bits per heavy atom. The Bertz CT molecular complexity index is 756. The molecule has 6 heteroatoms. The fraction of sp³-hybridized carbons (Fsp3) is 0.300. The van der Waals surface area contributed by atoms with Crippen molar-refractivity contribution in [3.63, 3.8) is 0 Å². The standard InChI is InChI=1S/C20H22ClN3O2/c1-15(22-23-20(25)17-7-9-18(21)10-8-17)19(16-5-3-2-4-6-16)24-11-13-26-14-12-24/h2-10,19H,11-14H2,1H3,(H,23,25)/p+1/b22-15-/t19-/m0/s1. The summed E-state index contributed by atoms with van der Waals surface area (Å²) in [6.45, 7) is 5.27. The highest BCUT2D eigenvalue weighted by Gasteiger charge is 2.29. The number of ether oxygens (including phenoxy) is 1. The second-order valence-corrected chi connectivity index (χ2v) is 6.75. The molecule has 0 aromatic heterocycles. The highest BCUT2D eigenvalue weighted by atomic mass is 35.5. The van der Waals surface area contributed by atoms with E-state index in [4.69, 9.17) is 16.3 Å². The SMILES string of the molecule is C/C(=N/NC(=O)c1ccc(Cl)cc1)[C@@H](c1ccccc1)[NH+]1CCOCC1. The minimum atomic E-state index is -0.246. The van der Waals surface area contributed by atoms with Gasteiger partial charge >= 0.3 is 0 Å². The van der Waals surface area contributed by atoms with Gasteiger partial charge in [0.25, 0.3) is 5.91 Å². The lowest BCUT2D eigenvalue weighted by Crippen LogP contribution is -3.15. The van der Waals surface area contributed by atoms with Crippen LogP contribution in [-0.2, 0) is 4.74 Å².